The lowest BCUT2D eigenvalue weighted by Crippen LogP contribution is -2.52. The maximum atomic E-state index is 11.7. The van der Waals surface area contributed by atoms with Crippen molar-refractivity contribution in [2.24, 2.45) is 0 Å². The van der Waals surface area contributed by atoms with E-state index in [-0.39, 0.29) is 13.2 Å². The molecule has 1 aliphatic rings. The Morgan fingerprint density at radius 2 is 1.96 bits per heavy atom. The molecule has 0 amide bonds. The molecule has 0 aromatic heterocycles. The fourth-order valence-corrected chi connectivity index (χ4v) is 3.70. The van der Waals surface area contributed by atoms with Crippen LogP contribution in [0.5, 0.6) is 0 Å². The Balaban J connectivity index is 2.13. The maximum absolute atomic E-state index is 11.7. The highest BCUT2D eigenvalue weighted by molar-refractivity contribution is 7.99. The van der Waals surface area contributed by atoms with E-state index in [2.05, 4.69) is 0 Å². The van der Waals surface area contributed by atoms with Gasteiger partial charge in [0.05, 0.1) is 19.8 Å². The summed E-state index contributed by atoms with van der Waals surface area (Å²) in [6, 6.07) is 9.67. The fourth-order valence-electron chi connectivity index (χ4n) is 2.73. The summed E-state index contributed by atoms with van der Waals surface area (Å²) >= 11 is 1.50. The van der Waals surface area contributed by atoms with Gasteiger partial charge in [0.1, 0.15) is 5.44 Å². The number of carbonyl (C=O) groups excluding carboxylic acids is 2. The number of thioether (sulfide) groups is 1. The zero-order chi connectivity index (χ0) is 18.3. The molecule has 1 unspecified atom stereocenters. The SMILES string of the molecule is CCSC1OC[C@@](COCc2ccccc2)(OC(C)=O)[C@H]1OC(C)=O. The lowest BCUT2D eigenvalue weighted by molar-refractivity contribution is -0.187. The number of benzene rings is 1. The van der Waals surface area contributed by atoms with Crippen molar-refractivity contribution in [3.63, 3.8) is 0 Å². The van der Waals surface area contributed by atoms with Gasteiger partial charge in [0.15, 0.2) is 11.7 Å². The summed E-state index contributed by atoms with van der Waals surface area (Å²) in [4.78, 5) is 23.2. The largest absolute Gasteiger partial charge is 0.454 e. The van der Waals surface area contributed by atoms with Crippen LogP contribution < -0.4 is 0 Å². The minimum Gasteiger partial charge on any atom is -0.454 e. The Bertz CT molecular complexity index is 578. The average Bonchev–Trinajstić information content (AvgIpc) is 2.86. The van der Waals surface area contributed by atoms with Gasteiger partial charge in [-0.3, -0.25) is 9.59 Å². The molecule has 0 spiro atoms. The molecule has 0 saturated carbocycles. The summed E-state index contributed by atoms with van der Waals surface area (Å²) in [6.07, 6.45) is -0.713. The van der Waals surface area contributed by atoms with Gasteiger partial charge in [0.2, 0.25) is 0 Å². The molecule has 0 radical (unpaired) electrons. The second-order valence-electron chi connectivity index (χ2n) is 5.80. The summed E-state index contributed by atoms with van der Waals surface area (Å²) in [7, 11) is 0. The van der Waals surface area contributed by atoms with E-state index in [9.17, 15) is 9.59 Å². The Morgan fingerprint density at radius 3 is 2.56 bits per heavy atom. The molecule has 3 atom stereocenters. The predicted octanol–water partition coefficient (Wildman–Crippen LogP) is 2.55. The van der Waals surface area contributed by atoms with Gasteiger partial charge in [-0.2, -0.15) is 0 Å². The molecule has 0 bridgehead atoms. The van der Waals surface area contributed by atoms with Crippen LogP contribution in [0.4, 0.5) is 0 Å². The molecule has 1 aromatic rings. The molecular formula is C18H24O6S. The van der Waals surface area contributed by atoms with Gasteiger partial charge in [-0.15, -0.1) is 11.8 Å². The van der Waals surface area contributed by atoms with Crippen molar-refractivity contribution in [3.8, 4) is 0 Å². The van der Waals surface area contributed by atoms with Crippen molar-refractivity contribution in [1.29, 1.82) is 0 Å². The summed E-state index contributed by atoms with van der Waals surface area (Å²) < 4.78 is 22.5. The Morgan fingerprint density at radius 1 is 1.24 bits per heavy atom. The van der Waals surface area contributed by atoms with Gasteiger partial charge in [-0.05, 0) is 11.3 Å². The lowest BCUT2D eigenvalue weighted by Gasteiger charge is -2.33. The molecule has 1 heterocycles. The van der Waals surface area contributed by atoms with E-state index in [0.717, 1.165) is 11.3 Å². The highest BCUT2D eigenvalue weighted by atomic mass is 32.2. The van der Waals surface area contributed by atoms with Crippen molar-refractivity contribution >= 4 is 23.7 Å². The van der Waals surface area contributed by atoms with Crippen molar-refractivity contribution in [2.75, 3.05) is 19.0 Å². The first-order valence-electron chi connectivity index (χ1n) is 8.18. The monoisotopic (exact) mass is 368 g/mol. The Labute approximate surface area is 152 Å². The smallest absolute Gasteiger partial charge is 0.303 e. The standard InChI is InChI=1S/C18H24O6S/c1-4-25-17-16(23-13(2)19)18(12-22-17,24-14(3)20)11-21-10-15-8-6-5-7-9-15/h5-9,16-17H,4,10-12H2,1-3H3/t16-,17?,18+/m0/s1. The Hall–Kier alpha value is -1.57. The topological polar surface area (TPSA) is 71.1 Å². The molecule has 1 aliphatic heterocycles. The number of rotatable bonds is 8. The second kappa shape index (κ2) is 9.22. The van der Waals surface area contributed by atoms with Crippen LogP contribution in [0.25, 0.3) is 0 Å². The first-order chi connectivity index (χ1) is 12.0. The highest BCUT2D eigenvalue weighted by Crippen LogP contribution is 2.37. The van der Waals surface area contributed by atoms with E-state index in [4.69, 9.17) is 18.9 Å². The normalized spacial score (nSPS) is 25.6. The quantitative estimate of drug-likeness (QED) is 0.653. The average molecular weight is 368 g/mol. The van der Waals surface area contributed by atoms with E-state index in [0.29, 0.717) is 6.61 Å². The van der Waals surface area contributed by atoms with E-state index >= 15 is 0 Å². The fraction of sp³-hybridized carbons (Fsp3) is 0.556. The van der Waals surface area contributed by atoms with Crippen LogP contribution >= 0.6 is 11.8 Å². The summed E-state index contributed by atoms with van der Waals surface area (Å²) in [5.74, 6) is -0.133. The number of hydrogen-bond donors (Lipinski definition) is 0. The van der Waals surface area contributed by atoms with Crippen LogP contribution in [0.15, 0.2) is 30.3 Å². The van der Waals surface area contributed by atoms with Gasteiger partial charge in [0.25, 0.3) is 0 Å². The van der Waals surface area contributed by atoms with Crippen LogP contribution in [0.1, 0.15) is 26.3 Å². The van der Waals surface area contributed by atoms with Gasteiger partial charge < -0.3 is 18.9 Å². The molecule has 2 rings (SSSR count). The molecule has 7 heteroatoms. The van der Waals surface area contributed by atoms with Gasteiger partial charge in [0, 0.05) is 13.8 Å². The predicted molar refractivity (Wildman–Crippen MR) is 94.0 cm³/mol. The minimum atomic E-state index is -1.14. The third-order valence-corrected chi connectivity index (χ3v) is 4.73. The Kier molecular flexibility index (Phi) is 7.28. The van der Waals surface area contributed by atoms with E-state index in [1.165, 1.54) is 25.6 Å². The van der Waals surface area contributed by atoms with Crippen molar-refractivity contribution < 1.29 is 28.5 Å². The first kappa shape index (κ1) is 19.8. The number of esters is 2. The molecule has 138 valence electrons. The van der Waals surface area contributed by atoms with E-state index in [1.54, 1.807) is 0 Å². The molecule has 0 aliphatic carbocycles. The third kappa shape index (κ3) is 5.45. The molecule has 25 heavy (non-hydrogen) atoms. The number of ether oxygens (including phenoxy) is 4. The minimum absolute atomic E-state index is 0.0835. The third-order valence-electron chi connectivity index (χ3n) is 3.69. The summed E-state index contributed by atoms with van der Waals surface area (Å²) in [5, 5.41) is 0. The van der Waals surface area contributed by atoms with Gasteiger partial charge >= 0.3 is 11.9 Å². The molecule has 0 N–H and O–H groups in total. The molecule has 6 nitrogen and oxygen atoms in total. The van der Waals surface area contributed by atoms with E-state index in [1.807, 2.05) is 37.3 Å². The van der Waals surface area contributed by atoms with E-state index < -0.39 is 29.1 Å². The van der Waals surface area contributed by atoms with Gasteiger partial charge in [-0.25, -0.2) is 0 Å². The summed E-state index contributed by atoms with van der Waals surface area (Å²) in [5.41, 5.74) is -0.532. The zero-order valence-electron chi connectivity index (χ0n) is 14.7. The van der Waals surface area contributed by atoms with Crippen LogP contribution in [-0.4, -0.2) is 48.0 Å². The molecular weight excluding hydrogens is 344 g/mol. The molecule has 1 saturated heterocycles. The molecule has 1 aromatic carbocycles. The van der Waals surface area contributed by atoms with Crippen molar-refractivity contribution in [2.45, 2.75) is 44.5 Å². The van der Waals surface area contributed by atoms with Crippen LogP contribution in [0.3, 0.4) is 0 Å². The summed E-state index contributed by atoms with van der Waals surface area (Å²) in [6.45, 7) is 5.20. The number of carbonyl (C=O) groups is 2. The lowest BCUT2D eigenvalue weighted by atomic mass is 10.0. The van der Waals surface area contributed by atoms with Crippen molar-refractivity contribution in [3.05, 3.63) is 35.9 Å². The van der Waals surface area contributed by atoms with Crippen LogP contribution in [0, 0.1) is 0 Å². The first-order valence-corrected chi connectivity index (χ1v) is 9.23. The van der Waals surface area contributed by atoms with Crippen molar-refractivity contribution in [1.82, 2.24) is 0 Å². The zero-order valence-corrected chi connectivity index (χ0v) is 15.5. The van der Waals surface area contributed by atoms with Crippen LogP contribution in [-0.2, 0) is 35.1 Å². The second-order valence-corrected chi connectivity index (χ2v) is 7.18. The highest BCUT2D eigenvalue weighted by Gasteiger charge is 2.55. The molecule has 1 fully saturated rings. The number of hydrogen-bond acceptors (Lipinski definition) is 7. The van der Waals surface area contributed by atoms with Gasteiger partial charge in [-0.1, -0.05) is 37.3 Å². The maximum Gasteiger partial charge on any atom is 0.303 e. The van der Waals surface area contributed by atoms with Crippen LogP contribution in [0.2, 0.25) is 0 Å².